The molecule has 27 heavy (non-hydrogen) atoms. The summed E-state index contributed by atoms with van der Waals surface area (Å²) in [5, 5.41) is 3.29. The summed E-state index contributed by atoms with van der Waals surface area (Å²) in [7, 11) is 0. The largest absolute Gasteiger partial charge is 0.370 e. The summed E-state index contributed by atoms with van der Waals surface area (Å²) in [6.45, 7) is 12.7. The number of aryl methyl sites for hydroxylation is 1. The second-order valence-corrected chi connectivity index (χ2v) is 7.70. The molecule has 0 atom stereocenters. The van der Waals surface area contributed by atoms with Crippen molar-refractivity contribution in [3.63, 3.8) is 0 Å². The van der Waals surface area contributed by atoms with E-state index in [-0.39, 0.29) is 5.91 Å². The van der Waals surface area contributed by atoms with E-state index in [0.29, 0.717) is 11.5 Å². The average Bonchev–Trinajstić information content (AvgIpc) is 2.68. The molecule has 1 fully saturated rings. The second-order valence-electron chi connectivity index (χ2n) is 7.70. The maximum atomic E-state index is 12.9. The monoisotopic (exact) mass is 366 g/mol. The minimum atomic E-state index is 0.0885. The number of nitrogens with zero attached hydrogens (tertiary/aromatic N) is 3. The highest BCUT2D eigenvalue weighted by Gasteiger charge is 2.23. The molecule has 2 heterocycles. The van der Waals surface area contributed by atoms with Crippen LogP contribution in [0, 0.1) is 19.8 Å². The first-order chi connectivity index (χ1) is 13.0. The summed E-state index contributed by atoms with van der Waals surface area (Å²) >= 11 is 0. The fraction of sp³-hybridized carbons (Fsp3) is 0.455. The standard InChI is InChI=1S/C22H30N4O/c1-16(2)15-24-21-14-19(8-9-23-21)22(27)26-12-10-25(11-13-26)20-7-5-6-17(3)18(20)4/h5-9,14,16H,10-13,15H2,1-4H3,(H,23,24). The van der Waals surface area contributed by atoms with E-state index in [2.05, 4.69) is 61.1 Å². The lowest BCUT2D eigenvalue weighted by Gasteiger charge is -2.37. The van der Waals surface area contributed by atoms with Crippen molar-refractivity contribution in [2.75, 3.05) is 42.9 Å². The number of carbonyl (C=O) groups excluding carboxylic acids is 1. The predicted molar refractivity (Wildman–Crippen MR) is 112 cm³/mol. The number of aromatic nitrogens is 1. The Bertz CT molecular complexity index is 795. The van der Waals surface area contributed by atoms with Gasteiger partial charge in [0.1, 0.15) is 5.82 Å². The number of benzene rings is 1. The van der Waals surface area contributed by atoms with Crippen LogP contribution >= 0.6 is 0 Å². The maximum absolute atomic E-state index is 12.9. The zero-order valence-electron chi connectivity index (χ0n) is 16.8. The summed E-state index contributed by atoms with van der Waals surface area (Å²) in [5.41, 5.74) is 4.62. The van der Waals surface area contributed by atoms with Crippen LogP contribution in [0.2, 0.25) is 0 Å². The number of carbonyl (C=O) groups is 1. The third kappa shape index (κ3) is 4.59. The van der Waals surface area contributed by atoms with E-state index < -0.39 is 0 Å². The third-order valence-electron chi connectivity index (χ3n) is 5.18. The number of amides is 1. The van der Waals surface area contributed by atoms with Gasteiger partial charge in [-0.15, -0.1) is 0 Å². The minimum Gasteiger partial charge on any atom is -0.370 e. The van der Waals surface area contributed by atoms with Crippen molar-refractivity contribution in [1.82, 2.24) is 9.88 Å². The van der Waals surface area contributed by atoms with Crippen LogP contribution in [0.25, 0.3) is 0 Å². The van der Waals surface area contributed by atoms with Gasteiger partial charge in [-0.1, -0.05) is 26.0 Å². The van der Waals surface area contributed by atoms with Crippen molar-refractivity contribution in [3.8, 4) is 0 Å². The van der Waals surface area contributed by atoms with E-state index in [4.69, 9.17) is 0 Å². The van der Waals surface area contributed by atoms with Crippen LogP contribution in [0.1, 0.15) is 35.3 Å². The molecule has 2 aromatic rings. The molecule has 144 valence electrons. The van der Waals surface area contributed by atoms with Gasteiger partial charge in [-0.3, -0.25) is 4.79 Å². The van der Waals surface area contributed by atoms with Gasteiger partial charge >= 0.3 is 0 Å². The van der Waals surface area contributed by atoms with Gasteiger partial charge in [0.15, 0.2) is 0 Å². The van der Waals surface area contributed by atoms with Crippen molar-refractivity contribution in [2.45, 2.75) is 27.7 Å². The van der Waals surface area contributed by atoms with Crippen LogP contribution in [-0.4, -0.2) is 48.5 Å². The zero-order chi connectivity index (χ0) is 19.4. The fourth-order valence-electron chi connectivity index (χ4n) is 3.38. The Hall–Kier alpha value is -2.56. The van der Waals surface area contributed by atoms with E-state index in [9.17, 15) is 4.79 Å². The molecule has 1 aliphatic heterocycles. The van der Waals surface area contributed by atoms with E-state index in [0.717, 1.165) is 38.5 Å². The van der Waals surface area contributed by atoms with Crippen LogP contribution in [0.15, 0.2) is 36.5 Å². The number of anilines is 2. The number of nitrogens with one attached hydrogen (secondary N) is 1. The Balaban J connectivity index is 1.63. The van der Waals surface area contributed by atoms with Crippen LogP contribution in [0.4, 0.5) is 11.5 Å². The summed E-state index contributed by atoms with van der Waals surface area (Å²) in [6.07, 6.45) is 1.71. The Morgan fingerprint density at radius 1 is 1.15 bits per heavy atom. The molecule has 0 radical (unpaired) electrons. The highest BCUT2D eigenvalue weighted by molar-refractivity contribution is 5.95. The first kappa shape index (κ1) is 19.2. The lowest BCUT2D eigenvalue weighted by Crippen LogP contribution is -2.49. The highest BCUT2D eigenvalue weighted by Crippen LogP contribution is 2.24. The molecule has 3 rings (SSSR count). The number of piperazine rings is 1. The van der Waals surface area contributed by atoms with Gasteiger partial charge in [0.05, 0.1) is 0 Å². The Labute approximate surface area is 162 Å². The predicted octanol–water partition coefficient (Wildman–Crippen LogP) is 3.73. The molecule has 1 aromatic heterocycles. The van der Waals surface area contributed by atoms with Crippen molar-refractivity contribution >= 4 is 17.4 Å². The highest BCUT2D eigenvalue weighted by atomic mass is 16.2. The third-order valence-corrected chi connectivity index (χ3v) is 5.18. The van der Waals surface area contributed by atoms with Crippen molar-refractivity contribution in [1.29, 1.82) is 0 Å². The molecule has 0 bridgehead atoms. The first-order valence-electron chi connectivity index (χ1n) is 9.76. The van der Waals surface area contributed by atoms with Gasteiger partial charge < -0.3 is 15.1 Å². The van der Waals surface area contributed by atoms with Crippen LogP contribution in [-0.2, 0) is 0 Å². The molecule has 0 spiro atoms. The van der Waals surface area contributed by atoms with Crippen molar-refractivity contribution in [2.24, 2.45) is 5.92 Å². The van der Waals surface area contributed by atoms with Crippen LogP contribution < -0.4 is 10.2 Å². The number of rotatable bonds is 5. The molecule has 1 amide bonds. The molecule has 1 saturated heterocycles. The Morgan fingerprint density at radius 3 is 2.59 bits per heavy atom. The van der Waals surface area contributed by atoms with Gasteiger partial charge in [-0.2, -0.15) is 0 Å². The Kier molecular flexibility index (Phi) is 5.99. The fourth-order valence-corrected chi connectivity index (χ4v) is 3.38. The first-order valence-corrected chi connectivity index (χ1v) is 9.76. The smallest absolute Gasteiger partial charge is 0.254 e. The second kappa shape index (κ2) is 8.42. The molecular weight excluding hydrogens is 336 g/mol. The quantitative estimate of drug-likeness (QED) is 0.876. The topological polar surface area (TPSA) is 48.5 Å². The molecule has 5 heteroatoms. The van der Waals surface area contributed by atoms with Crippen molar-refractivity contribution in [3.05, 3.63) is 53.2 Å². The Morgan fingerprint density at radius 2 is 1.89 bits per heavy atom. The number of hydrogen-bond donors (Lipinski definition) is 1. The normalized spacial score (nSPS) is 14.6. The van der Waals surface area contributed by atoms with Crippen LogP contribution in [0.3, 0.4) is 0 Å². The molecule has 0 saturated carbocycles. The minimum absolute atomic E-state index is 0.0885. The molecule has 0 aliphatic carbocycles. The number of pyridine rings is 1. The molecule has 5 nitrogen and oxygen atoms in total. The van der Waals surface area contributed by atoms with Crippen molar-refractivity contribution < 1.29 is 4.79 Å². The lowest BCUT2D eigenvalue weighted by molar-refractivity contribution is 0.0746. The zero-order valence-corrected chi connectivity index (χ0v) is 16.8. The average molecular weight is 367 g/mol. The van der Waals surface area contributed by atoms with E-state index in [1.807, 2.05) is 11.0 Å². The molecule has 1 aromatic carbocycles. The molecule has 0 unspecified atom stereocenters. The van der Waals surface area contributed by atoms with Gasteiger partial charge in [0.2, 0.25) is 0 Å². The van der Waals surface area contributed by atoms with Gasteiger partial charge in [0, 0.05) is 50.2 Å². The van der Waals surface area contributed by atoms with Gasteiger partial charge in [-0.05, 0) is 49.1 Å². The van der Waals surface area contributed by atoms with Gasteiger partial charge in [0.25, 0.3) is 5.91 Å². The lowest BCUT2D eigenvalue weighted by atomic mass is 10.1. The molecule has 1 aliphatic rings. The molecular formula is C22H30N4O. The SMILES string of the molecule is Cc1cccc(N2CCN(C(=O)c3ccnc(NCC(C)C)c3)CC2)c1C. The van der Waals surface area contributed by atoms with E-state index in [1.54, 1.807) is 12.3 Å². The van der Waals surface area contributed by atoms with E-state index >= 15 is 0 Å². The summed E-state index contributed by atoms with van der Waals surface area (Å²) in [6, 6.07) is 10.1. The van der Waals surface area contributed by atoms with E-state index in [1.165, 1.54) is 16.8 Å². The van der Waals surface area contributed by atoms with Gasteiger partial charge in [-0.25, -0.2) is 4.98 Å². The molecule has 1 N–H and O–H groups in total. The number of hydrogen-bond acceptors (Lipinski definition) is 4. The summed E-state index contributed by atoms with van der Waals surface area (Å²) in [5.74, 6) is 1.39. The summed E-state index contributed by atoms with van der Waals surface area (Å²) in [4.78, 5) is 21.6. The maximum Gasteiger partial charge on any atom is 0.254 e. The van der Waals surface area contributed by atoms with Crippen LogP contribution in [0.5, 0.6) is 0 Å². The summed E-state index contributed by atoms with van der Waals surface area (Å²) < 4.78 is 0.